The number of hydrogen-bond acceptors (Lipinski definition) is 7. The number of nitrogens with one attached hydrogen (secondary N) is 1. The zero-order valence-electron chi connectivity index (χ0n) is 9.08. The standard InChI is InChI=1S/C8H11N3O6/c1-3-9-4(7(10-3)11(15)16)5(12)6(13)8(14)17-2/h5-6,12-13H,1-2H3,(H,9,10). The fraction of sp³-hybridized carbons (Fsp3) is 0.500. The summed E-state index contributed by atoms with van der Waals surface area (Å²) in [7, 11) is 1.02. The van der Waals surface area contributed by atoms with Gasteiger partial charge in [0, 0.05) is 6.92 Å². The lowest BCUT2D eigenvalue weighted by Gasteiger charge is -2.13. The molecular weight excluding hydrogens is 234 g/mol. The molecule has 1 aromatic heterocycles. The van der Waals surface area contributed by atoms with Crippen LogP contribution in [0, 0.1) is 17.0 Å². The molecule has 9 nitrogen and oxygen atoms in total. The van der Waals surface area contributed by atoms with E-state index in [0.717, 1.165) is 7.11 Å². The highest BCUT2D eigenvalue weighted by Crippen LogP contribution is 2.25. The Hall–Kier alpha value is -2.00. The third-order valence-electron chi connectivity index (χ3n) is 2.03. The van der Waals surface area contributed by atoms with Crippen molar-refractivity contribution in [2.75, 3.05) is 7.11 Å². The van der Waals surface area contributed by atoms with Crippen LogP contribution in [0.3, 0.4) is 0 Å². The van der Waals surface area contributed by atoms with E-state index in [1.165, 1.54) is 6.92 Å². The average molecular weight is 245 g/mol. The van der Waals surface area contributed by atoms with Crippen LogP contribution in [-0.2, 0) is 9.53 Å². The molecular formula is C8H11N3O6. The molecule has 0 spiro atoms. The largest absolute Gasteiger partial charge is 0.467 e. The molecule has 2 unspecified atom stereocenters. The Bertz CT molecular complexity index is 442. The van der Waals surface area contributed by atoms with Crippen LogP contribution in [0.4, 0.5) is 5.82 Å². The number of esters is 1. The molecule has 0 aromatic carbocycles. The molecule has 0 aliphatic rings. The number of methoxy groups -OCH3 is 1. The Balaban J connectivity index is 3.07. The third kappa shape index (κ3) is 2.57. The number of carbonyl (C=O) groups is 1. The van der Waals surface area contributed by atoms with Crippen LogP contribution in [0.25, 0.3) is 0 Å². The second-order valence-electron chi connectivity index (χ2n) is 3.23. The van der Waals surface area contributed by atoms with E-state index in [-0.39, 0.29) is 5.82 Å². The lowest BCUT2D eigenvalue weighted by molar-refractivity contribution is -0.390. The number of nitro groups is 1. The van der Waals surface area contributed by atoms with Gasteiger partial charge in [-0.05, 0) is 4.92 Å². The number of aliphatic hydroxyl groups is 2. The number of aliphatic hydroxyl groups excluding tert-OH is 2. The van der Waals surface area contributed by atoms with E-state index in [4.69, 9.17) is 0 Å². The maximum atomic E-state index is 11.0. The summed E-state index contributed by atoms with van der Waals surface area (Å²) in [5.41, 5.74) is -0.412. The van der Waals surface area contributed by atoms with Crippen LogP contribution >= 0.6 is 0 Å². The Morgan fingerprint density at radius 1 is 1.59 bits per heavy atom. The summed E-state index contributed by atoms with van der Waals surface area (Å²) in [5, 5.41) is 29.6. The van der Waals surface area contributed by atoms with Gasteiger partial charge in [0.05, 0.1) is 7.11 Å². The molecule has 0 aliphatic carbocycles. The van der Waals surface area contributed by atoms with E-state index >= 15 is 0 Å². The van der Waals surface area contributed by atoms with Crippen LogP contribution in [-0.4, -0.2) is 44.3 Å². The maximum absolute atomic E-state index is 11.0. The number of aromatic nitrogens is 2. The van der Waals surface area contributed by atoms with E-state index in [9.17, 15) is 25.1 Å². The van der Waals surface area contributed by atoms with E-state index < -0.39 is 34.6 Å². The number of aryl methyl sites for hydroxylation is 1. The van der Waals surface area contributed by atoms with Crippen molar-refractivity contribution in [1.29, 1.82) is 0 Å². The molecule has 0 saturated carbocycles. The van der Waals surface area contributed by atoms with Gasteiger partial charge < -0.3 is 25.1 Å². The van der Waals surface area contributed by atoms with Crippen molar-refractivity contribution in [3.05, 3.63) is 21.6 Å². The summed E-state index contributed by atoms with van der Waals surface area (Å²) in [5.74, 6) is -1.49. The molecule has 1 heterocycles. The smallest absolute Gasteiger partial charge is 0.346 e. The van der Waals surface area contributed by atoms with Crippen LogP contribution in [0.2, 0.25) is 0 Å². The molecule has 17 heavy (non-hydrogen) atoms. The summed E-state index contributed by atoms with van der Waals surface area (Å²) in [6.45, 7) is 1.44. The summed E-state index contributed by atoms with van der Waals surface area (Å²) in [6, 6.07) is 0. The van der Waals surface area contributed by atoms with Gasteiger partial charge in [-0.1, -0.05) is 0 Å². The Kier molecular flexibility index (Phi) is 3.76. The number of imidazole rings is 1. The number of hydrogen-bond donors (Lipinski definition) is 3. The minimum absolute atomic E-state index is 0.183. The van der Waals surface area contributed by atoms with Crippen LogP contribution in [0.1, 0.15) is 17.6 Å². The van der Waals surface area contributed by atoms with Crippen LogP contribution < -0.4 is 0 Å². The molecule has 0 amide bonds. The van der Waals surface area contributed by atoms with Gasteiger partial charge in [-0.25, -0.2) is 14.8 Å². The Morgan fingerprint density at radius 2 is 2.18 bits per heavy atom. The van der Waals surface area contributed by atoms with Gasteiger partial charge in [-0.15, -0.1) is 0 Å². The lowest BCUT2D eigenvalue weighted by Crippen LogP contribution is -2.29. The molecule has 0 fully saturated rings. The number of carbonyl (C=O) groups excluding carboxylic acids is 1. The first-order chi connectivity index (χ1) is 7.88. The van der Waals surface area contributed by atoms with E-state index in [2.05, 4.69) is 14.7 Å². The van der Waals surface area contributed by atoms with Crippen molar-refractivity contribution < 1.29 is 24.7 Å². The first-order valence-corrected chi connectivity index (χ1v) is 4.53. The van der Waals surface area contributed by atoms with Gasteiger partial charge in [0.1, 0.15) is 6.10 Å². The average Bonchev–Trinajstić information content (AvgIpc) is 2.68. The van der Waals surface area contributed by atoms with Crippen molar-refractivity contribution in [2.24, 2.45) is 0 Å². The molecule has 0 aliphatic heterocycles. The molecule has 1 aromatic rings. The van der Waals surface area contributed by atoms with Crippen LogP contribution in [0.15, 0.2) is 0 Å². The normalized spacial score (nSPS) is 14.1. The van der Waals surface area contributed by atoms with Gasteiger partial charge in [0.25, 0.3) is 0 Å². The van der Waals surface area contributed by atoms with Crippen molar-refractivity contribution in [1.82, 2.24) is 9.97 Å². The molecule has 0 radical (unpaired) electrons. The molecule has 0 saturated heterocycles. The second kappa shape index (κ2) is 4.89. The van der Waals surface area contributed by atoms with Crippen molar-refractivity contribution >= 4 is 11.8 Å². The molecule has 9 heteroatoms. The maximum Gasteiger partial charge on any atom is 0.346 e. The van der Waals surface area contributed by atoms with E-state index in [1.807, 2.05) is 0 Å². The van der Waals surface area contributed by atoms with Gasteiger partial charge in [-0.2, -0.15) is 0 Å². The van der Waals surface area contributed by atoms with E-state index in [1.54, 1.807) is 0 Å². The molecule has 1 rings (SSSR count). The predicted molar refractivity (Wildman–Crippen MR) is 53.0 cm³/mol. The third-order valence-corrected chi connectivity index (χ3v) is 2.03. The Labute approximate surface area is 95.2 Å². The minimum Gasteiger partial charge on any atom is -0.467 e. The predicted octanol–water partition coefficient (Wildman–Crippen LogP) is -0.806. The Morgan fingerprint density at radius 3 is 2.65 bits per heavy atom. The number of aromatic amines is 1. The summed E-state index contributed by atoms with van der Waals surface area (Å²) in [6.07, 6.45) is -3.76. The first-order valence-electron chi connectivity index (χ1n) is 4.53. The number of nitrogens with zero attached hydrogens (tertiary/aromatic N) is 2. The highest BCUT2D eigenvalue weighted by molar-refractivity contribution is 5.75. The summed E-state index contributed by atoms with van der Waals surface area (Å²) < 4.78 is 4.20. The molecule has 94 valence electrons. The van der Waals surface area contributed by atoms with Crippen molar-refractivity contribution in [3.63, 3.8) is 0 Å². The van der Waals surface area contributed by atoms with Gasteiger partial charge in [0.2, 0.25) is 0 Å². The van der Waals surface area contributed by atoms with Crippen molar-refractivity contribution in [2.45, 2.75) is 19.1 Å². The molecule has 2 atom stereocenters. The SMILES string of the molecule is COC(=O)C(O)C(O)c1nc(C)[nH]c1[N+](=O)[O-]. The minimum atomic E-state index is -1.93. The summed E-state index contributed by atoms with van der Waals surface area (Å²) in [4.78, 5) is 26.8. The van der Waals surface area contributed by atoms with Gasteiger partial charge >= 0.3 is 11.8 Å². The number of rotatable bonds is 4. The highest BCUT2D eigenvalue weighted by Gasteiger charge is 2.34. The van der Waals surface area contributed by atoms with Gasteiger partial charge in [0.15, 0.2) is 17.6 Å². The highest BCUT2D eigenvalue weighted by atomic mass is 16.6. The zero-order chi connectivity index (χ0) is 13.2. The monoisotopic (exact) mass is 245 g/mol. The fourth-order valence-electron chi connectivity index (χ4n) is 1.24. The fourth-order valence-corrected chi connectivity index (χ4v) is 1.24. The zero-order valence-corrected chi connectivity index (χ0v) is 9.08. The quantitative estimate of drug-likeness (QED) is 0.358. The first kappa shape index (κ1) is 13.1. The van der Waals surface area contributed by atoms with Crippen molar-refractivity contribution in [3.8, 4) is 0 Å². The lowest BCUT2D eigenvalue weighted by atomic mass is 10.1. The summed E-state index contributed by atoms with van der Waals surface area (Å²) >= 11 is 0. The molecule has 3 N–H and O–H groups in total. The van der Waals surface area contributed by atoms with Gasteiger partial charge in [-0.3, -0.25) is 0 Å². The second-order valence-corrected chi connectivity index (χ2v) is 3.23. The topological polar surface area (TPSA) is 139 Å². The number of ether oxygens (including phenoxy) is 1. The van der Waals surface area contributed by atoms with E-state index in [0.29, 0.717) is 0 Å². The molecule has 0 bridgehead atoms. The number of H-pyrrole nitrogens is 1. The van der Waals surface area contributed by atoms with Crippen LogP contribution in [0.5, 0.6) is 0 Å².